The van der Waals surface area contributed by atoms with Crippen LogP contribution in [0.5, 0.6) is 0 Å². The van der Waals surface area contributed by atoms with Crippen molar-refractivity contribution in [2.45, 2.75) is 103 Å². The third kappa shape index (κ3) is 9.34. The van der Waals surface area contributed by atoms with Crippen molar-refractivity contribution in [1.29, 1.82) is 0 Å². The minimum atomic E-state index is -0.743. The zero-order valence-corrected chi connectivity index (χ0v) is 16.6. The van der Waals surface area contributed by atoms with Gasteiger partial charge in [-0.3, -0.25) is 0 Å². The van der Waals surface area contributed by atoms with Crippen LogP contribution in [0.3, 0.4) is 0 Å². The Morgan fingerprint density at radius 3 is 1.92 bits per heavy atom. The fourth-order valence-electron chi connectivity index (χ4n) is 2.96. The van der Waals surface area contributed by atoms with Crippen molar-refractivity contribution in [3.63, 3.8) is 0 Å². The molecule has 5 heteroatoms. The molecule has 0 aromatic rings. The highest BCUT2D eigenvalue weighted by molar-refractivity contribution is 4.88. The molecule has 4 atom stereocenters. The topological polar surface area (TPSA) is 57.2 Å². The lowest BCUT2D eigenvalue weighted by molar-refractivity contribution is -0.172. The maximum atomic E-state index is 10.5. The summed E-state index contributed by atoms with van der Waals surface area (Å²) in [6, 6.07) is 0. The van der Waals surface area contributed by atoms with Gasteiger partial charge in [-0.1, -0.05) is 59.3 Å². The summed E-state index contributed by atoms with van der Waals surface area (Å²) in [5.41, 5.74) is 0. The summed E-state index contributed by atoms with van der Waals surface area (Å²) in [5.74, 6) is 0. The number of hydrogen-bond acceptors (Lipinski definition) is 5. The van der Waals surface area contributed by atoms with Gasteiger partial charge in [-0.2, -0.15) is 0 Å². The van der Waals surface area contributed by atoms with Gasteiger partial charge in [-0.25, -0.2) is 0 Å². The van der Waals surface area contributed by atoms with Gasteiger partial charge < -0.3 is 24.1 Å². The zero-order chi connectivity index (χ0) is 18.3. The normalized spacial score (nSPS) is 26.4. The van der Waals surface area contributed by atoms with Crippen LogP contribution >= 0.6 is 0 Å². The fraction of sp³-hybridized carbons (Fsp3) is 1.00. The largest absolute Gasteiger partial charge is 0.385 e. The monoisotopic (exact) mass is 360 g/mol. The molecule has 0 unspecified atom stereocenters. The Morgan fingerprint density at radius 2 is 1.32 bits per heavy atom. The maximum absolute atomic E-state index is 10.5. The van der Waals surface area contributed by atoms with Crippen LogP contribution in [-0.4, -0.2) is 56.1 Å². The highest BCUT2D eigenvalue weighted by Crippen LogP contribution is 2.26. The van der Waals surface area contributed by atoms with Gasteiger partial charge in [0.15, 0.2) is 6.29 Å². The van der Waals surface area contributed by atoms with Crippen molar-refractivity contribution in [2.24, 2.45) is 0 Å². The van der Waals surface area contributed by atoms with E-state index in [2.05, 4.69) is 20.8 Å². The first-order valence-electron chi connectivity index (χ1n) is 10.4. The van der Waals surface area contributed by atoms with Crippen molar-refractivity contribution in [3.8, 4) is 0 Å². The van der Waals surface area contributed by atoms with E-state index in [0.717, 1.165) is 51.6 Å². The van der Waals surface area contributed by atoms with Crippen LogP contribution in [0.1, 0.15) is 78.6 Å². The van der Waals surface area contributed by atoms with Crippen LogP contribution in [0.4, 0.5) is 0 Å². The van der Waals surface area contributed by atoms with Gasteiger partial charge in [0.1, 0.15) is 18.3 Å². The van der Waals surface area contributed by atoms with E-state index in [9.17, 15) is 5.11 Å². The van der Waals surface area contributed by atoms with E-state index in [1.807, 2.05) is 0 Å². The van der Waals surface area contributed by atoms with E-state index in [-0.39, 0.29) is 12.2 Å². The fourth-order valence-corrected chi connectivity index (χ4v) is 2.96. The Bertz CT molecular complexity index is 300. The first-order valence-corrected chi connectivity index (χ1v) is 10.4. The van der Waals surface area contributed by atoms with Crippen LogP contribution in [0, 0.1) is 0 Å². The lowest BCUT2D eigenvalue weighted by Crippen LogP contribution is -2.38. The van der Waals surface area contributed by atoms with Gasteiger partial charge in [-0.15, -0.1) is 0 Å². The Labute approximate surface area is 154 Å². The first kappa shape index (κ1) is 22.8. The first-order chi connectivity index (χ1) is 12.2. The Kier molecular flexibility index (Phi) is 13.6. The molecule has 1 rings (SSSR count). The van der Waals surface area contributed by atoms with E-state index in [1.54, 1.807) is 0 Å². The quantitative estimate of drug-likeness (QED) is 0.421. The number of ether oxygens (including phenoxy) is 4. The van der Waals surface area contributed by atoms with Crippen LogP contribution in [0.2, 0.25) is 0 Å². The Hall–Kier alpha value is -0.200. The summed E-state index contributed by atoms with van der Waals surface area (Å²) < 4.78 is 23.3. The number of aliphatic hydroxyl groups excluding tert-OH is 1. The lowest BCUT2D eigenvalue weighted by Gasteiger charge is -2.20. The molecule has 0 saturated carbocycles. The molecule has 0 aromatic heterocycles. The van der Waals surface area contributed by atoms with E-state index in [1.165, 1.54) is 12.8 Å². The molecule has 1 aliphatic heterocycles. The molecule has 1 heterocycles. The molecular formula is C20H40O5. The van der Waals surface area contributed by atoms with Gasteiger partial charge in [0.2, 0.25) is 0 Å². The van der Waals surface area contributed by atoms with Crippen LogP contribution in [0.25, 0.3) is 0 Å². The third-order valence-electron chi connectivity index (χ3n) is 4.55. The second-order valence-electron chi connectivity index (χ2n) is 6.94. The molecule has 0 bridgehead atoms. The molecule has 1 aliphatic rings. The summed E-state index contributed by atoms with van der Waals surface area (Å²) in [7, 11) is 0. The number of rotatable bonds is 16. The average Bonchev–Trinajstić information content (AvgIpc) is 2.91. The average molecular weight is 361 g/mol. The molecule has 0 aliphatic carbocycles. The van der Waals surface area contributed by atoms with Crippen molar-refractivity contribution < 1.29 is 24.1 Å². The predicted octanol–water partition coefficient (Wildman–Crippen LogP) is 4.06. The minimum Gasteiger partial charge on any atom is -0.385 e. The Morgan fingerprint density at radius 1 is 0.760 bits per heavy atom. The second kappa shape index (κ2) is 14.9. The molecule has 1 saturated heterocycles. The minimum absolute atomic E-state index is 0.255. The number of unbranched alkanes of at least 4 members (excludes halogenated alkanes) is 6. The van der Waals surface area contributed by atoms with Gasteiger partial charge >= 0.3 is 0 Å². The zero-order valence-electron chi connectivity index (χ0n) is 16.6. The molecule has 5 nitrogen and oxygen atoms in total. The van der Waals surface area contributed by atoms with Gasteiger partial charge in [0, 0.05) is 19.8 Å². The van der Waals surface area contributed by atoms with Crippen molar-refractivity contribution in [2.75, 3.05) is 26.4 Å². The van der Waals surface area contributed by atoms with Crippen molar-refractivity contribution in [1.82, 2.24) is 0 Å². The molecule has 0 spiro atoms. The number of hydrogen-bond donors (Lipinski definition) is 1. The van der Waals surface area contributed by atoms with E-state index < -0.39 is 12.4 Å². The molecular weight excluding hydrogens is 320 g/mol. The van der Waals surface area contributed by atoms with Crippen LogP contribution < -0.4 is 0 Å². The van der Waals surface area contributed by atoms with E-state index in [0.29, 0.717) is 19.8 Å². The van der Waals surface area contributed by atoms with Gasteiger partial charge in [0.25, 0.3) is 0 Å². The van der Waals surface area contributed by atoms with E-state index in [4.69, 9.17) is 18.9 Å². The Balaban J connectivity index is 2.41. The molecule has 0 aromatic carbocycles. The molecule has 0 amide bonds. The summed E-state index contributed by atoms with van der Waals surface area (Å²) >= 11 is 0. The van der Waals surface area contributed by atoms with Crippen LogP contribution in [0.15, 0.2) is 0 Å². The van der Waals surface area contributed by atoms with Gasteiger partial charge in [0.05, 0.1) is 6.61 Å². The maximum Gasteiger partial charge on any atom is 0.186 e. The SMILES string of the molecule is CCCCCOC[C@H]1O[C@H](OCCCCC)[C@H](O)[C@@H]1OCCCCC. The number of aliphatic hydroxyl groups is 1. The summed E-state index contributed by atoms with van der Waals surface area (Å²) in [5, 5.41) is 10.5. The smallest absolute Gasteiger partial charge is 0.186 e. The lowest BCUT2D eigenvalue weighted by atomic mass is 10.1. The molecule has 0 radical (unpaired) electrons. The van der Waals surface area contributed by atoms with Crippen molar-refractivity contribution >= 4 is 0 Å². The molecule has 25 heavy (non-hydrogen) atoms. The summed E-state index contributed by atoms with van der Waals surface area (Å²) in [4.78, 5) is 0. The predicted molar refractivity (Wildman–Crippen MR) is 99.8 cm³/mol. The second-order valence-corrected chi connectivity index (χ2v) is 6.94. The molecule has 150 valence electrons. The summed E-state index contributed by atoms with van der Waals surface area (Å²) in [6.45, 7) is 8.95. The van der Waals surface area contributed by atoms with E-state index >= 15 is 0 Å². The van der Waals surface area contributed by atoms with Gasteiger partial charge in [-0.05, 0) is 19.3 Å². The summed E-state index contributed by atoms with van der Waals surface area (Å²) in [6.07, 6.45) is 8.02. The molecule has 1 fully saturated rings. The van der Waals surface area contributed by atoms with Crippen LogP contribution in [-0.2, 0) is 18.9 Å². The third-order valence-corrected chi connectivity index (χ3v) is 4.55. The standard InChI is InChI=1S/C20H40O5/c1-4-7-10-13-22-16-17-19(23-14-11-8-5-2)18(21)20(25-17)24-15-12-9-6-3/h17-21H,4-16H2,1-3H3/t17-,18-,19-,20+/m1/s1. The molecule has 1 N–H and O–H groups in total. The van der Waals surface area contributed by atoms with Crippen molar-refractivity contribution in [3.05, 3.63) is 0 Å². The highest BCUT2D eigenvalue weighted by Gasteiger charge is 2.45. The highest BCUT2D eigenvalue weighted by atomic mass is 16.7.